The third-order valence-corrected chi connectivity index (χ3v) is 4.85. The number of nitro benzene ring substituents is 1. The number of hydrogen-bond donors (Lipinski definition) is 4. The van der Waals surface area contributed by atoms with Crippen molar-refractivity contribution in [2.45, 2.75) is 11.8 Å². The molecule has 0 radical (unpaired) electrons. The van der Waals surface area contributed by atoms with E-state index in [2.05, 4.69) is 16.2 Å². The molecule has 0 spiro atoms. The molecule has 9 nitrogen and oxygen atoms in total. The number of nitrogens with zero attached hydrogens (tertiary/aromatic N) is 1. The van der Waals surface area contributed by atoms with E-state index in [0.717, 1.165) is 17.7 Å². The third kappa shape index (κ3) is 4.79. The second kappa shape index (κ2) is 7.83. The normalized spacial score (nSPS) is 10.9. The van der Waals surface area contributed by atoms with Crippen LogP contribution >= 0.6 is 23.8 Å². The lowest BCUT2D eigenvalue weighted by atomic mass is 10.2. The van der Waals surface area contributed by atoms with Gasteiger partial charge in [-0.05, 0) is 49.0 Å². The van der Waals surface area contributed by atoms with Crippen LogP contribution in [0.1, 0.15) is 5.56 Å². The highest BCUT2D eigenvalue weighted by molar-refractivity contribution is 7.89. The maximum atomic E-state index is 11.3. The Labute approximate surface area is 159 Å². The van der Waals surface area contributed by atoms with Crippen LogP contribution in [0.5, 0.6) is 0 Å². The first-order chi connectivity index (χ1) is 12.1. The molecule has 0 amide bonds. The first-order valence-electron chi connectivity index (χ1n) is 6.99. The van der Waals surface area contributed by atoms with E-state index in [-0.39, 0.29) is 15.7 Å². The number of anilines is 2. The van der Waals surface area contributed by atoms with Crippen molar-refractivity contribution < 1.29 is 13.3 Å². The van der Waals surface area contributed by atoms with Crippen LogP contribution in [-0.2, 0) is 10.0 Å². The number of hydrazine groups is 1. The molecule has 0 bridgehead atoms. The maximum absolute atomic E-state index is 11.3. The molecule has 5 N–H and O–H groups in total. The van der Waals surface area contributed by atoms with Crippen molar-refractivity contribution in [2.75, 3.05) is 10.7 Å². The number of rotatable bonds is 5. The molecular weight excluding hydrogens is 402 g/mol. The number of sulfonamides is 1. The van der Waals surface area contributed by atoms with Gasteiger partial charge in [0.1, 0.15) is 5.69 Å². The topological polar surface area (TPSA) is 139 Å². The Morgan fingerprint density at radius 1 is 1.27 bits per heavy atom. The van der Waals surface area contributed by atoms with Gasteiger partial charge in [0.25, 0.3) is 5.69 Å². The first-order valence-corrected chi connectivity index (χ1v) is 9.32. The number of nitro groups is 1. The van der Waals surface area contributed by atoms with Gasteiger partial charge in [0, 0.05) is 16.8 Å². The van der Waals surface area contributed by atoms with Crippen LogP contribution < -0.4 is 21.3 Å². The predicted molar refractivity (Wildman–Crippen MR) is 104 cm³/mol. The van der Waals surface area contributed by atoms with Crippen molar-refractivity contribution in [2.24, 2.45) is 5.14 Å². The smallest absolute Gasteiger partial charge is 0.295 e. The zero-order valence-corrected chi connectivity index (χ0v) is 15.7. The Morgan fingerprint density at radius 3 is 2.58 bits per heavy atom. The number of thiocarbonyl (C=S) groups is 1. The number of benzene rings is 2. The highest BCUT2D eigenvalue weighted by Crippen LogP contribution is 2.27. The molecule has 0 saturated carbocycles. The van der Waals surface area contributed by atoms with E-state index in [1.54, 1.807) is 25.1 Å². The van der Waals surface area contributed by atoms with E-state index in [4.69, 9.17) is 29.0 Å². The van der Waals surface area contributed by atoms with Crippen LogP contribution in [0.2, 0.25) is 5.02 Å². The standard InChI is InChI=1S/C14H14ClN5O4S2/c1-8-10(15)3-2-4-11(8)17-14(25)19-18-12-6-5-9(26(16,23)24)7-13(12)20(21)22/h2-7,18H,1H3,(H2,16,23,24)(H2,17,19,25). The van der Waals surface area contributed by atoms with Gasteiger partial charge in [-0.25, -0.2) is 13.6 Å². The van der Waals surface area contributed by atoms with Gasteiger partial charge in [-0.15, -0.1) is 0 Å². The van der Waals surface area contributed by atoms with Crippen molar-refractivity contribution in [1.82, 2.24) is 5.43 Å². The molecule has 2 aromatic rings. The number of halogens is 1. The molecule has 0 aliphatic heterocycles. The maximum Gasteiger partial charge on any atom is 0.295 e. The van der Waals surface area contributed by atoms with Crippen molar-refractivity contribution in [3.63, 3.8) is 0 Å². The lowest BCUT2D eigenvalue weighted by Crippen LogP contribution is -2.33. The lowest BCUT2D eigenvalue weighted by Gasteiger charge is -2.14. The van der Waals surface area contributed by atoms with Gasteiger partial charge in [-0.2, -0.15) is 0 Å². The molecule has 26 heavy (non-hydrogen) atoms. The molecule has 2 rings (SSSR count). The van der Waals surface area contributed by atoms with Crippen molar-refractivity contribution in [3.05, 3.63) is 57.1 Å². The summed E-state index contributed by atoms with van der Waals surface area (Å²) in [6.45, 7) is 1.80. The zero-order chi connectivity index (χ0) is 19.5. The Hall–Kier alpha value is -2.47. The molecule has 0 saturated heterocycles. The van der Waals surface area contributed by atoms with E-state index in [1.165, 1.54) is 6.07 Å². The minimum Gasteiger partial charge on any atom is -0.331 e. The fraction of sp³-hybridized carbons (Fsp3) is 0.0714. The second-order valence-corrected chi connectivity index (χ2v) is 7.47. The minimum absolute atomic E-state index is 0.00867. The number of nitrogens with two attached hydrogens (primary N) is 1. The summed E-state index contributed by atoms with van der Waals surface area (Å²) in [5.41, 5.74) is 6.12. The number of hydrogen-bond acceptors (Lipinski definition) is 6. The van der Waals surface area contributed by atoms with E-state index in [9.17, 15) is 18.5 Å². The predicted octanol–water partition coefficient (Wildman–Crippen LogP) is 2.52. The van der Waals surface area contributed by atoms with E-state index in [1.807, 2.05) is 0 Å². The van der Waals surface area contributed by atoms with Crippen molar-refractivity contribution in [1.29, 1.82) is 0 Å². The molecule has 0 heterocycles. The summed E-state index contributed by atoms with van der Waals surface area (Å²) < 4.78 is 22.7. The Morgan fingerprint density at radius 2 is 1.96 bits per heavy atom. The highest BCUT2D eigenvalue weighted by Gasteiger charge is 2.19. The van der Waals surface area contributed by atoms with Gasteiger partial charge in [0.2, 0.25) is 10.0 Å². The van der Waals surface area contributed by atoms with Gasteiger partial charge in [-0.3, -0.25) is 21.0 Å². The molecular formula is C14H14ClN5O4S2. The summed E-state index contributed by atoms with van der Waals surface area (Å²) in [6.07, 6.45) is 0. The SMILES string of the molecule is Cc1c(Cl)cccc1NC(=S)NNc1ccc(S(N)(=O)=O)cc1[N+](=O)[O-]. The molecule has 0 fully saturated rings. The van der Waals surface area contributed by atoms with Gasteiger partial charge in [0.15, 0.2) is 5.11 Å². The summed E-state index contributed by atoms with van der Waals surface area (Å²) in [6, 6.07) is 8.44. The van der Waals surface area contributed by atoms with Crippen LogP contribution in [0.15, 0.2) is 41.3 Å². The fourth-order valence-electron chi connectivity index (χ4n) is 1.97. The fourth-order valence-corrected chi connectivity index (χ4v) is 2.83. The van der Waals surface area contributed by atoms with Crippen molar-refractivity contribution in [3.8, 4) is 0 Å². The first kappa shape index (κ1) is 19.8. The van der Waals surface area contributed by atoms with Crippen LogP contribution in [-0.4, -0.2) is 18.5 Å². The minimum atomic E-state index is -4.06. The summed E-state index contributed by atoms with van der Waals surface area (Å²) in [5.74, 6) is 0. The summed E-state index contributed by atoms with van der Waals surface area (Å²) in [7, 11) is -4.06. The summed E-state index contributed by atoms with van der Waals surface area (Å²) in [4.78, 5) is 10.0. The number of nitrogens with one attached hydrogen (secondary N) is 3. The van der Waals surface area contributed by atoms with Crippen LogP contribution in [0, 0.1) is 17.0 Å². The lowest BCUT2D eigenvalue weighted by molar-refractivity contribution is -0.384. The molecule has 0 aliphatic carbocycles. The van der Waals surface area contributed by atoms with Crippen molar-refractivity contribution >= 4 is 56.0 Å². The zero-order valence-electron chi connectivity index (χ0n) is 13.3. The molecule has 138 valence electrons. The molecule has 0 unspecified atom stereocenters. The molecule has 12 heteroatoms. The Kier molecular flexibility index (Phi) is 5.97. The molecule has 0 atom stereocenters. The van der Waals surface area contributed by atoms with E-state index < -0.39 is 20.6 Å². The third-order valence-electron chi connectivity index (χ3n) is 3.32. The summed E-state index contributed by atoms with van der Waals surface area (Å²) >= 11 is 11.1. The quantitative estimate of drug-likeness (QED) is 0.332. The molecule has 0 aromatic heterocycles. The van der Waals surface area contributed by atoms with Crippen LogP contribution in [0.3, 0.4) is 0 Å². The average Bonchev–Trinajstić information content (AvgIpc) is 2.56. The molecule has 2 aromatic carbocycles. The van der Waals surface area contributed by atoms with E-state index in [0.29, 0.717) is 10.7 Å². The van der Waals surface area contributed by atoms with Gasteiger partial charge >= 0.3 is 0 Å². The monoisotopic (exact) mass is 415 g/mol. The van der Waals surface area contributed by atoms with Crippen LogP contribution in [0.25, 0.3) is 0 Å². The average molecular weight is 416 g/mol. The Balaban J connectivity index is 2.15. The number of primary sulfonamides is 1. The van der Waals surface area contributed by atoms with Gasteiger partial charge in [0.05, 0.1) is 9.82 Å². The Bertz CT molecular complexity index is 981. The highest BCUT2D eigenvalue weighted by atomic mass is 35.5. The largest absolute Gasteiger partial charge is 0.331 e. The molecule has 0 aliphatic rings. The van der Waals surface area contributed by atoms with E-state index >= 15 is 0 Å². The van der Waals surface area contributed by atoms with Gasteiger partial charge in [-0.1, -0.05) is 17.7 Å². The van der Waals surface area contributed by atoms with Gasteiger partial charge < -0.3 is 5.32 Å². The van der Waals surface area contributed by atoms with Crippen LogP contribution in [0.4, 0.5) is 17.1 Å². The second-order valence-electron chi connectivity index (χ2n) is 5.10. The summed E-state index contributed by atoms with van der Waals surface area (Å²) in [5, 5.41) is 19.7.